The number of hydrogen-bond donors (Lipinski definition) is 1. The van der Waals surface area contributed by atoms with Crippen molar-refractivity contribution in [2.45, 2.75) is 19.0 Å². The molecule has 2 atom stereocenters. The van der Waals surface area contributed by atoms with Crippen molar-refractivity contribution in [2.24, 2.45) is 0 Å². The average molecular weight is 216 g/mol. The molecule has 0 saturated carbocycles. The van der Waals surface area contributed by atoms with Gasteiger partial charge < -0.3 is 5.32 Å². The molecule has 1 fully saturated rings. The first-order valence-electron chi connectivity index (χ1n) is 4.95. The van der Waals surface area contributed by atoms with Gasteiger partial charge in [0, 0.05) is 37.1 Å². The SMILES string of the molecule is CC1CN(C2C=CS(=O)(=O)C2)CCN1. The summed E-state index contributed by atoms with van der Waals surface area (Å²) < 4.78 is 22.5. The number of sulfone groups is 1. The van der Waals surface area contributed by atoms with Gasteiger partial charge in [-0.15, -0.1) is 0 Å². The van der Waals surface area contributed by atoms with Crippen LogP contribution in [0.2, 0.25) is 0 Å². The minimum atomic E-state index is -2.90. The fraction of sp³-hybridized carbons (Fsp3) is 0.778. The van der Waals surface area contributed by atoms with Crippen molar-refractivity contribution in [3.05, 3.63) is 11.5 Å². The van der Waals surface area contributed by atoms with Gasteiger partial charge in [-0.2, -0.15) is 0 Å². The normalized spacial score (nSPS) is 37.5. The molecule has 0 amide bonds. The molecule has 2 aliphatic rings. The van der Waals surface area contributed by atoms with E-state index in [1.54, 1.807) is 0 Å². The molecule has 80 valence electrons. The van der Waals surface area contributed by atoms with Crippen LogP contribution in [-0.4, -0.2) is 50.8 Å². The summed E-state index contributed by atoms with van der Waals surface area (Å²) in [5, 5.41) is 4.69. The second kappa shape index (κ2) is 3.64. The number of nitrogens with one attached hydrogen (secondary N) is 1. The van der Waals surface area contributed by atoms with Gasteiger partial charge in [0.2, 0.25) is 0 Å². The van der Waals surface area contributed by atoms with Crippen LogP contribution < -0.4 is 5.32 Å². The molecule has 0 aromatic heterocycles. The molecule has 2 aliphatic heterocycles. The second-order valence-corrected chi connectivity index (χ2v) is 6.01. The molecule has 2 rings (SSSR count). The zero-order valence-corrected chi connectivity index (χ0v) is 9.13. The zero-order chi connectivity index (χ0) is 10.2. The average Bonchev–Trinajstić information content (AvgIpc) is 2.46. The van der Waals surface area contributed by atoms with Crippen LogP contribution in [0.4, 0.5) is 0 Å². The predicted octanol–water partition coefficient (Wildman–Crippen LogP) is -0.409. The smallest absolute Gasteiger partial charge is 0.173 e. The highest BCUT2D eigenvalue weighted by molar-refractivity contribution is 7.94. The lowest BCUT2D eigenvalue weighted by molar-refractivity contribution is 0.185. The van der Waals surface area contributed by atoms with Crippen LogP contribution in [0.25, 0.3) is 0 Å². The summed E-state index contributed by atoms with van der Waals surface area (Å²) in [6, 6.07) is 0.560. The molecule has 4 nitrogen and oxygen atoms in total. The van der Waals surface area contributed by atoms with E-state index in [1.165, 1.54) is 5.41 Å². The maximum atomic E-state index is 11.2. The fourth-order valence-corrected chi connectivity index (χ4v) is 3.38. The first-order valence-corrected chi connectivity index (χ1v) is 6.67. The topological polar surface area (TPSA) is 49.4 Å². The van der Waals surface area contributed by atoms with Gasteiger partial charge in [0.1, 0.15) is 0 Å². The monoisotopic (exact) mass is 216 g/mol. The number of piperazine rings is 1. The first-order chi connectivity index (χ1) is 6.57. The molecule has 0 radical (unpaired) electrons. The van der Waals surface area contributed by atoms with Crippen LogP contribution in [0.3, 0.4) is 0 Å². The van der Waals surface area contributed by atoms with E-state index in [4.69, 9.17) is 0 Å². The summed E-state index contributed by atoms with van der Waals surface area (Å²) >= 11 is 0. The molecule has 0 spiro atoms. The van der Waals surface area contributed by atoms with E-state index in [-0.39, 0.29) is 11.8 Å². The molecule has 1 saturated heterocycles. The Morgan fingerprint density at radius 2 is 2.29 bits per heavy atom. The van der Waals surface area contributed by atoms with Crippen molar-refractivity contribution in [2.75, 3.05) is 25.4 Å². The predicted molar refractivity (Wildman–Crippen MR) is 55.8 cm³/mol. The van der Waals surface area contributed by atoms with Crippen LogP contribution in [-0.2, 0) is 9.84 Å². The molecule has 5 heteroatoms. The molecule has 0 bridgehead atoms. The summed E-state index contributed by atoms with van der Waals surface area (Å²) in [6.07, 6.45) is 1.81. The van der Waals surface area contributed by atoms with Crippen LogP contribution in [0.5, 0.6) is 0 Å². The molecule has 2 unspecified atom stereocenters. The standard InChI is InChI=1S/C9H16N2O2S/c1-8-6-11(4-3-10-8)9-2-5-14(12,13)7-9/h2,5,8-10H,3-4,6-7H2,1H3. The molecule has 0 aliphatic carbocycles. The highest BCUT2D eigenvalue weighted by Crippen LogP contribution is 2.15. The van der Waals surface area contributed by atoms with E-state index in [9.17, 15) is 8.42 Å². The third-order valence-electron chi connectivity index (χ3n) is 2.78. The molecule has 14 heavy (non-hydrogen) atoms. The maximum Gasteiger partial charge on any atom is 0.173 e. The van der Waals surface area contributed by atoms with Crippen molar-refractivity contribution in [1.29, 1.82) is 0 Å². The van der Waals surface area contributed by atoms with Gasteiger partial charge in [-0.05, 0) is 6.92 Å². The molecule has 2 heterocycles. The van der Waals surface area contributed by atoms with Gasteiger partial charge in [-0.25, -0.2) is 8.42 Å². The van der Waals surface area contributed by atoms with Gasteiger partial charge in [-0.1, -0.05) is 6.08 Å². The van der Waals surface area contributed by atoms with Gasteiger partial charge in [0.05, 0.1) is 5.75 Å². The number of rotatable bonds is 1. The van der Waals surface area contributed by atoms with Crippen molar-refractivity contribution < 1.29 is 8.42 Å². The summed E-state index contributed by atoms with van der Waals surface area (Å²) in [4.78, 5) is 2.24. The Labute approximate surface area is 84.9 Å². The largest absolute Gasteiger partial charge is 0.312 e. The Morgan fingerprint density at radius 1 is 1.50 bits per heavy atom. The van der Waals surface area contributed by atoms with Crippen molar-refractivity contribution >= 4 is 9.84 Å². The summed E-state index contributed by atoms with van der Waals surface area (Å²) in [6.45, 7) is 4.95. The number of hydrogen-bond acceptors (Lipinski definition) is 4. The van der Waals surface area contributed by atoms with Gasteiger partial charge in [0.25, 0.3) is 0 Å². The molecule has 1 N–H and O–H groups in total. The summed E-state index contributed by atoms with van der Waals surface area (Å²) in [5.41, 5.74) is 0. The number of nitrogens with zero attached hydrogens (tertiary/aromatic N) is 1. The van der Waals surface area contributed by atoms with Crippen molar-refractivity contribution in [3.63, 3.8) is 0 Å². The zero-order valence-electron chi connectivity index (χ0n) is 8.31. The lowest BCUT2D eigenvalue weighted by Gasteiger charge is -2.35. The van der Waals surface area contributed by atoms with Crippen molar-refractivity contribution in [1.82, 2.24) is 10.2 Å². The first kappa shape index (κ1) is 10.1. The van der Waals surface area contributed by atoms with E-state index < -0.39 is 9.84 Å². The minimum absolute atomic E-state index is 0.101. The fourth-order valence-electron chi connectivity index (χ4n) is 2.05. The minimum Gasteiger partial charge on any atom is -0.312 e. The Morgan fingerprint density at radius 3 is 2.86 bits per heavy atom. The van der Waals surface area contributed by atoms with Gasteiger partial charge in [0.15, 0.2) is 9.84 Å². The lowest BCUT2D eigenvalue weighted by atomic mass is 10.2. The van der Waals surface area contributed by atoms with Crippen LogP contribution >= 0.6 is 0 Å². The Kier molecular flexibility index (Phi) is 2.64. The van der Waals surface area contributed by atoms with Gasteiger partial charge in [-0.3, -0.25) is 4.90 Å². The van der Waals surface area contributed by atoms with E-state index in [2.05, 4.69) is 17.1 Å². The highest BCUT2D eigenvalue weighted by atomic mass is 32.2. The van der Waals surface area contributed by atoms with E-state index in [0.29, 0.717) is 6.04 Å². The summed E-state index contributed by atoms with van der Waals surface area (Å²) in [5.74, 6) is 0.264. The van der Waals surface area contributed by atoms with E-state index >= 15 is 0 Å². The van der Waals surface area contributed by atoms with E-state index in [1.807, 2.05) is 6.08 Å². The lowest BCUT2D eigenvalue weighted by Crippen LogP contribution is -2.53. The maximum absolute atomic E-state index is 11.2. The third-order valence-corrected chi connectivity index (χ3v) is 4.16. The summed E-state index contributed by atoms with van der Waals surface area (Å²) in [7, 11) is -2.90. The van der Waals surface area contributed by atoms with Crippen LogP contribution in [0.15, 0.2) is 11.5 Å². The quantitative estimate of drug-likeness (QED) is 0.647. The van der Waals surface area contributed by atoms with E-state index in [0.717, 1.165) is 19.6 Å². The van der Waals surface area contributed by atoms with Crippen LogP contribution in [0.1, 0.15) is 6.92 Å². The third kappa shape index (κ3) is 2.16. The highest BCUT2D eigenvalue weighted by Gasteiger charge is 2.29. The van der Waals surface area contributed by atoms with Crippen LogP contribution in [0, 0.1) is 0 Å². The molecular formula is C9H16N2O2S. The van der Waals surface area contributed by atoms with Gasteiger partial charge >= 0.3 is 0 Å². The second-order valence-electron chi connectivity index (χ2n) is 4.08. The van der Waals surface area contributed by atoms with Crippen molar-refractivity contribution in [3.8, 4) is 0 Å². The Hall–Kier alpha value is -0.390. The Bertz CT molecular complexity index is 337. The molecule has 0 aromatic rings. The Balaban J connectivity index is 2.00. The molecule has 0 aromatic carbocycles. The molecular weight excluding hydrogens is 200 g/mol.